The van der Waals surface area contributed by atoms with Crippen molar-refractivity contribution in [3.63, 3.8) is 0 Å². The van der Waals surface area contributed by atoms with Crippen LogP contribution in [0.3, 0.4) is 0 Å². The number of hydrogen-bond acceptors (Lipinski definition) is 5. The molecule has 1 N–H and O–H groups in total. The van der Waals surface area contributed by atoms with Gasteiger partial charge in [-0.1, -0.05) is 72.8 Å². The number of nitrogens with zero attached hydrogens (tertiary/aromatic N) is 3. The van der Waals surface area contributed by atoms with Crippen LogP contribution in [-0.4, -0.2) is 47.7 Å². The average Bonchev–Trinajstić information content (AvgIpc) is 2.97. The Labute approximate surface area is 224 Å². The predicted molar refractivity (Wildman–Crippen MR) is 153 cm³/mol. The van der Waals surface area contributed by atoms with E-state index >= 15 is 0 Å². The van der Waals surface area contributed by atoms with E-state index in [9.17, 15) is 5.11 Å². The maximum absolute atomic E-state index is 13.1. The molecule has 2 aromatic heterocycles. The van der Waals surface area contributed by atoms with Gasteiger partial charge < -0.3 is 14.7 Å². The summed E-state index contributed by atoms with van der Waals surface area (Å²) in [7, 11) is 5.71. The Balaban J connectivity index is 1.81. The first-order valence-electron chi connectivity index (χ1n) is 12.9. The average molecular weight is 504 g/mol. The lowest BCUT2D eigenvalue weighted by atomic mass is 9.70. The molecule has 2 heterocycles. The van der Waals surface area contributed by atoms with Crippen molar-refractivity contribution in [1.29, 1.82) is 0 Å². The minimum absolute atomic E-state index is 0.446. The lowest BCUT2D eigenvalue weighted by Crippen LogP contribution is -2.38. The predicted octanol–water partition coefficient (Wildman–Crippen LogP) is 6.28. The van der Waals surface area contributed by atoms with Crippen molar-refractivity contribution in [3.8, 4) is 17.0 Å². The van der Waals surface area contributed by atoms with E-state index < -0.39 is 11.5 Å². The Morgan fingerprint density at radius 2 is 1.58 bits per heavy atom. The second-order valence-electron chi connectivity index (χ2n) is 9.91. The fourth-order valence-corrected chi connectivity index (χ4v) is 5.34. The summed E-state index contributed by atoms with van der Waals surface area (Å²) in [5.74, 6) is 0.0545. The smallest absolute Gasteiger partial charge is 0.217 e. The lowest BCUT2D eigenvalue weighted by Gasteiger charge is -2.39. The Hall–Kier alpha value is -4.06. The highest BCUT2D eigenvalue weighted by Crippen LogP contribution is 2.48. The summed E-state index contributed by atoms with van der Waals surface area (Å²) in [6.07, 6.45) is 5.88. The Kier molecular flexibility index (Phi) is 7.50. The van der Waals surface area contributed by atoms with Crippen LogP contribution >= 0.6 is 0 Å². The molecule has 38 heavy (non-hydrogen) atoms. The van der Waals surface area contributed by atoms with Crippen molar-refractivity contribution in [2.45, 2.75) is 17.9 Å². The number of aromatic nitrogens is 2. The number of hydrogen-bond donors (Lipinski definition) is 1. The topological polar surface area (TPSA) is 58.5 Å². The molecule has 2 unspecified atom stereocenters. The third kappa shape index (κ3) is 5.03. The zero-order valence-corrected chi connectivity index (χ0v) is 22.1. The number of fused-ring (bicyclic) bond motifs is 1. The van der Waals surface area contributed by atoms with Gasteiger partial charge in [-0.3, -0.25) is 4.98 Å². The zero-order valence-electron chi connectivity index (χ0n) is 22.1. The van der Waals surface area contributed by atoms with E-state index in [0.29, 0.717) is 18.8 Å². The highest BCUT2D eigenvalue weighted by atomic mass is 16.5. The van der Waals surface area contributed by atoms with Gasteiger partial charge in [0, 0.05) is 42.2 Å². The molecule has 0 saturated carbocycles. The Morgan fingerprint density at radius 3 is 2.32 bits per heavy atom. The molecule has 5 nitrogen and oxygen atoms in total. The maximum Gasteiger partial charge on any atom is 0.217 e. The fourth-order valence-electron chi connectivity index (χ4n) is 5.34. The molecule has 0 aliphatic heterocycles. The number of aliphatic hydroxyl groups is 1. The molecule has 0 fully saturated rings. The molecule has 2 atom stereocenters. The van der Waals surface area contributed by atoms with Crippen molar-refractivity contribution in [3.05, 3.63) is 126 Å². The SMILES string of the molecule is COc1ncc(-c2ccncc2)cc1C(c1ccccc1)C(O)(CCN(C)C)c1cccc2ccccc12. The summed E-state index contributed by atoms with van der Waals surface area (Å²) in [6.45, 7) is 0.697. The molecular formula is C33H33N3O2. The molecule has 3 aromatic carbocycles. The van der Waals surface area contributed by atoms with E-state index in [-0.39, 0.29) is 0 Å². The van der Waals surface area contributed by atoms with Crippen LogP contribution in [0.25, 0.3) is 21.9 Å². The maximum atomic E-state index is 13.1. The summed E-state index contributed by atoms with van der Waals surface area (Å²) >= 11 is 0. The summed E-state index contributed by atoms with van der Waals surface area (Å²) in [6, 6.07) is 30.7. The molecule has 5 heteroatoms. The largest absolute Gasteiger partial charge is 0.481 e. The number of methoxy groups -OCH3 is 1. The molecule has 0 amide bonds. The molecule has 0 spiro atoms. The summed E-state index contributed by atoms with van der Waals surface area (Å²) in [5.41, 5.74) is 3.40. The monoisotopic (exact) mass is 503 g/mol. The minimum Gasteiger partial charge on any atom is -0.481 e. The van der Waals surface area contributed by atoms with E-state index in [1.54, 1.807) is 19.5 Å². The fraction of sp³-hybridized carbons (Fsp3) is 0.212. The van der Waals surface area contributed by atoms with Gasteiger partial charge in [0.1, 0.15) is 5.60 Å². The van der Waals surface area contributed by atoms with Gasteiger partial charge in [-0.2, -0.15) is 0 Å². The summed E-state index contributed by atoms with van der Waals surface area (Å²) < 4.78 is 5.84. The van der Waals surface area contributed by atoms with E-state index in [1.165, 1.54) is 0 Å². The van der Waals surface area contributed by atoms with E-state index in [4.69, 9.17) is 9.72 Å². The van der Waals surface area contributed by atoms with Crippen LogP contribution in [0.2, 0.25) is 0 Å². The highest BCUT2D eigenvalue weighted by Gasteiger charge is 2.43. The van der Waals surface area contributed by atoms with Gasteiger partial charge in [-0.25, -0.2) is 4.98 Å². The van der Waals surface area contributed by atoms with Crippen molar-refractivity contribution in [2.24, 2.45) is 0 Å². The van der Waals surface area contributed by atoms with E-state index in [1.807, 2.05) is 68.8 Å². The number of rotatable bonds is 9. The van der Waals surface area contributed by atoms with Crippen LogP contribution in [0.5, 0.6) is 5.88 Å². The van der Waals surface area contributed by atoms with Gasteiger partial charge in [0.2, 0.25) is 5.88 Å². The number of ether oxygens (including phenoxy) is 1. The first-order chi connectivity index (χ1) is 18.5. The van der Waals surface area contributed by atoms with Crippen molar-refractivity contribution >= 4 is 10.8 Å². The first-order valence-corrected chi connectivity index (χ1v) is 12.9. The van der Waals surface area contributed by atoms with Gasteiger partial charge >= 0.3 is 0 Å². The second kappa shape index (κ2) is 11.1. The minimum atomic E-state index is -1.27. The van der Waals surface area contributed by atoms with E-state index in [2.05, 4.69) is 52.3 Å². The molecule has 5 aromatic rings. The molecule has 0 radical (unpaired) electrons. The molecule has 0 aliphatic rings. The van der Waals surface area contributed by atoms with Crippen molar-refractivity contribution in [2.75, 3.05) is 27.7 Å². The Bertz CT molecular complexity index is 1500. The molecule has 5 rings (SSSR count). The highest BCUT2D eigenvalue weighted by molar-refractivity contribution is 5.86. The van der Waals surface area contributed by atoms with Gasteiger partial charge in [-0.15, -0.1) is 0 Å². The van der Waals surface area contributed by atoms with Gasteiger partial charge in [0.15, 0.2) is 0 Å². The van der Waals surface area contributed by atoms with Crippen molar-refractivity contribution in [1.82, 2.24) is 14.9 Å². The van der Waals surface area contributed by atoms with E-state index in [0.717, 1.165) is 38.6 Å². The van der Waals surface area contributed by atoms with Crippen molar-refractivity contribution < 1.29 is 9.84 Å². The molecule has 0 saturated heterocycles. The number of pyridine rings is 2. The summed E-state index contributed by atoms with van der Waals surface area (Å²) in [4.78, 5) is 11.0. The lowest BCUT2D eigenvalue weighted by molar-refractivity contribution is 0.00517. The Morgan fingerprint density at radius 1 is 0.868 bits per heavy atom. The van der Waals surface area contributed by atoms with Gasteiger partial charge in [0.25, 0.3) is 0 Å². The summed E-state index contributed by atoms with van der Waals surface area (Å²) in [5, 5.41) is 15.2. The van der Waals surface area contributed by atoms with Gasteiger partial charge in [0.05, 0.1) is 7.11 Å². The molecule has 0 aliphatic carbocycles. The normalized spacial score (nSPS) is 13.8. The third-order valence-electron chi connectivity index (χ3n) is 7.20. The standard InChI is InChI=1S/C33H33N3O2/c1-36(2)21-18-33(37,30-15-9-13-25-10-7-8-14-28(25)30)31(26-11-5-4-6-12-26)29-22-27(23-35-32(29)38-3)24-16-19-34-20-17-24/h4-17,19-20,22-23,31,37H,18,21H2,1-3H3. The van der Waals surface area contributed by atoms with Crippen LogP contribution in [0.4, 0.5) is 0 Å². The molecule has 0 bridgehead atoms. The van der Waals surface area contributed by atoms with Crippen LogP contribution in [-0.2, 0) is 5.60 Å². The van der Waals surface area contributed by atoms with Crippen LogP contribution in [0, 0.1) is 0 Å². The van der Waals surface area contributed by atoms with Crippen LogP contribution < -0.4 is 4.74 Å². The zero-order chi connectivity index (χ0) is 26.5. The van der Waals surface area contributed by atoms with Crippen LogP contribution in [0.1, 0.15) is 29.0 Å². The first kappa shape index (κ1) is 25.6. The van der Waals surface area contributed by atoms with Crippen LogP contribution in [0.15, 0.2) is 110 Å². The quantitative estimate of drug-likeness (QED) is 0.257. The molecule has 192 valence electrons. The second-order valence-corrected chi connectivity index (χ2v) is 9.91. The van der Waals surface area contributed by atoms with Gasteiger partial charge in [-0.05, 0) is 66.2 Å². The number of benzene rings is 3. The third-order valence-corrected chi connectivity index (χ3v) is 7.20. The molecular weight excluding hydrogens is 470 g/mol.